The molecule has 2 saturated carbocycles. The average Bonchev–Trinajstić information content (AvgIpc) is 2.62. The number of nitrogens with one attached hydrogen (secondary N) is 1. The summed E-state index contributed by atoms with van der Waals surface area (Å²) < 4.78 is 14.4. The molecular formula is C21H25FN4O. The summed E-state index contributed by atoms with van der Waals surface area (Å²) in [6.45, 7) is 0. The fourth-order valence-electron chi connectivity index (χ4n) is 4.08. The highest BCUT2D eigenvalue weighted by atomic mass is 19.1. The van der Waals surface area contributed by atoms with Crippen LogP contribution in [-0.2, 0) is 4.79 Å². The number of hydrogen-bond acceptors (Lipinski definition) is 4. The van der Waals surface area contributed by atoms with Gasteiger partial charge in [0.2, 0.25) is 11.9 Å². The summed E-state index contributed by atoms with van der Waals surface area (Å²) >= 11 is 0. The second-order valence-corrected chi connectivity index (χ2v) is 7.75. The minimum absolute atomic E-state index is 0.0795. The quantitative estimate of drug-likeness (QED) is 0.836. The van der Waals surface area contributed by atoms with Gasteiger partial charge in [0.1, 0.15) is 5.69 Å². The standard InChI is InChI=1S/C21H25FN4O/c22-18-12-24-21(25-17-9-3-8-16(11-17)20(23)27)26-19(18)15-7-2-6-14(10-15)13-4-1-5-13/h2,6-7,10,12-13,16-17H,1,3-5,8-9,11H2,(H2,23,27)(H,24,25,26)/t16-,17+/m1/s1. The summed E-state index contributed by atoms with van der Waals surface area (Å²) in [5.41, 5.74) is 7.80. The first kappa shape index (κ1) is 17.9. The number of hydrogen-bond donors (Lipinski definition) is 2. The summed E-state index contributed by atoms with van der Waals surface area (Å²) in [4.78, 5) is 20.0. The second kappa shape index (κ2) is 7.62. The van der Waals surface area contributed by atoms with Crippen LogP contribution in [-0.4, -0.2) is 21.9 Å². The number of nitrogens with two attached hydrogens (primary N) is 1. The van der Waals surface area contributed by atoms with Crippen LogP contribution in [0.4, 0.5) is 10.3 Å². The number of amides is 1. The van der Waals surface area contributed by atoms with Gasteiger partial charge in [-0.05, 0) is 49.7 Å². The zero-order chi connectivity index (χ0) is 18.8. The van der Waals surface area contributed by atoms with E-state index in [-0.39, 0.29) is 17.9 Å². The number of halogens is 1. The summed E-state index contributed by atoms with van der Waals surface area (Å²) in [5.74, 6) is 0.186. The molecule has 2 atom stereocenters. The third kappa shape index (κ3) is 3.94. The van der Waals surface area contributed by atoms with Crippen molar-refractivity contribution in [1.29, 1.82) is 0 Å². The Morgan fingerprint density at radius 3 is 2.74 bits per heavy atom. The first-order chi connectivity index (χ1) is 13.1. The van der Waals surface area contributed by atoms with Crippen molar-refractivity contribution in [2.24, 2.45) is 11.7 Å². The van der Waals surface area contributed by atoms with Crippen LogP contribution in [0, 0.1) is 11.7 Å². The number of anilines is 1. The van der Waals surface area contributed by atoms with Crippen molar-refractivity contribution in [3.63, 3.8) is 0 Å². The lowest BCUT2D eigenvalue weighted by Gasteiger charge is -2.28. The molecule has 6 heteroatoms. The number of carbonyl (C=O) groups excluding carboxylic acids is 1. The van der Waals surface area contributed by atoms with Gasteiger partial charge in [-0.25, -0.2) is 14.4 Å². The SMILES string of the molecule is NC(=O)[C@@H]1CCC[C@H](Nc2ncc(F)c(-c3cccc(C4CCC4)c3)n2)C1. The Morgan fingerprint density at radius 1 is 1.19 bits per heavy atom. The van der Waals surface area contributed by atoms with Crippen molar-refractivity contribution in [3.05, 3.63) is 41.8 Å². The summed E-state index contributed by atoms with van der Waals surface area (Å²) in [6.07, 6.45) is 8.24. The molecule has 2 fully saturated rings. The maximum atomic E-state index is 14.4. The van der Waals surface area contributed by atoms with Gasteiger partial charge < -0.3 is 11.1 Å². The van der Waals surface area contributed by atoms with E-state index in [0.29, 0.717) is 24.0 Å². The van der Waals surface area contributed by atoms with E-state index in [0.717, 1.165) is 24.8 Å². The zero-order valence-electron chi connectivity index (χ0n) is 15.3. The van der Waals surface area contributed by atoms with Crippen molar-refractivity contribution < 1.29 is 9.18 Å². The van der Waals surface area contributed by atoms with Crippen LogP contribution in [0.1, 0.15) is 56.4 Å². The zero-order valence-corrected chi connectivity index (χ0v) is 15.3. The van der Waals surface area contributed by atoms with E-state index in [9.17, 15) is 9.18 Å². The first-order valence-corrected chi connectivity index (χ1v) is 9.79. The molecule has 2 aliphatic rings. The fraction of sp³-hybridized carbons (Fsp3) is 0.476. The second-order valence-electron chi connectivity index (χ2n) is 7.75. The molecule has 0 aliphatic heterocycles. The van der Waals surface area contributed by atoms with Gasteiger partial charge >= 0.3 is 0 Å². The lowest BCUT2D eigenvalue weighted by atomic mass is 9.79. The number of aromatic nitrogens is 2. The van der Waals surface area contributed by atoms with Crippen LogP contribution in [0.5, 0.6) is 0 Å². The third-order valence-electron chi connectivity index (χ3n) is 5.89. The number of rotatable bonds is 5. The predicted molar refractivity (Wildman–Crippen MR) is 103 cm³/mol. The predicted octanol–water partition coefficient (Wildman–Crippen LogP) is 4.01. The molecule has 0 spiro atoms. The molecule has 5 nitrogen and oxygen atoms in total. The summed E-state index contributed by atoms with van der Waals surface area (Å²) in [6, 6.07) is 8.09. The molecule has 0 unspecified atom stereocenters. The van der Waals surface area contributed by atoms with Gasteiger partial charge in [-0.3, -0.25) is 4.79 Å². The average molecular weight is 368 g/mol. The van der Waals surface area contributed by atoms with Crippen LogP contribution in [0.2, 0.25) is 0 Å². The highest BCUT2D eigenvalue weighted by Crippen LogP contribution is 2.37. The highest BCUT2D eigenvalue weighted by molar-refractivity contribution is 5.76. The van der Waals surface area contributed by atoms with Crippen molar-refractivity contribution in [1.82, 2.24) is 9.97 Å². The van der Waals surface area contributed by atoms with Crippen LogP contribution in [0.25, 0.3) is 11.3 Å². The van der Waals surface area contributed by atoms with Gasteiger partial charge in [0, 0.05) is 17.5 Å². The number of carbonyl (C=O) groups is 1. The normalized spacial score (nSPS) is 22.9. The van der Waals surface area contributed by atoms with Crippen LogP contribution < -0.4 is 11.1 Å². The first-order valence-electron chi connectivity index (χ1n) is 9.79. The van der Waals surface area contributed by atoms with Gasteiger partial charge in [-0.15, -0.1) is 0 Å². The van der Waals surface area contributed by atoms with Crippen LogP contribution in [0.15, 0.2) is 30.5 Å². The van der Waals surface area contributed by atoms with E-state index in [2.05, 4.69) is 21.4 Å². The third-order valence-corrected chi connectivity index (χ3v) is 5.89. The molecule has 0 saturated heterocycles. The molecule has 2 aromatic rings. The molecule has 2 aliphatic carbocycles. The van der Waals surface area contributed by atoms with E-state index in [1.54, 1.807) is 0 Å². The largest absolute Gasteiger partial charge is 0.369 e. The lowest BCUT2D eigenvalue weighted by molar-refractivity contribution is -0.122. The maximum Gasteiger partial charge on any atom is 0.223 e. The molecule has 4 rings (SSSR count). The van der Waals surface area contributed by atoms with E-state index >= 15 is 0 Å². The molecule has 3 N–H and O–H groups in total. The fourth-order valence-corrected chi connectivity index (χ4v) is 4.08. The molecule has 1 aromatic heterocycles. The Balaban J connectivity index is 1.54. The molecule has 0 radical (unpaired) electrons. The van der Waals surface area contributed by atoms with Gasteiger partial charge in [-0.1, -0.05) is 31.0 Å². The Kier molecular flexibility index (Phi) is 5.05. The number of benzene rings is 1. The Hall–Kier alpha value is -2.50. The molecule has 1 amide bonds. The Morgan fingerprint density at radius 2 is 2.00 bits per heavy atom. The van der Waals surface area contributed by atoms with Crippen molar-refractivity contribution in [2.45, 2.75) is 56.9 Å². The smallest absolute Gasteiger partial charge is 0.223 e. The number of primary amides is 1. The monoisotopic (exact) mass is 368 g/mol. The van der Waals surface area contributed by atoms with E-state index in [1.807, 2.05) is 18.2 Å². The van der Waals surface area contributed by atoms with Crippen molar-refractivity contribution in [2.75, 3.05) is 5.32 Å². The van der Waals surface area contributed by atoms with E-state index in [4.69, 9.17) is 5.73 Å². The molecule has 0 bridgehead atoms. The Bertz CT molecular complexity index is 837. The summed E-state index contributed by atoms with van der Waals surface area (Å²) in [5, 5.41) is 3.27. The van der Waals surface area contributed by atoms with E-state index in [1.165, 1.54) is 31.0 Å². The minimum atomic E-state index is -0.426. The van der Waals surface area contributed by atoms with Gasteiger partial charge in [0.05, 0.1) is 6.20 Å². The molecule has 1 aromatic carbocycles. The number of nitrogens with zero attached hydrogens (tertiary/aromatic N) is 2. The molecule has 27 heavy (non-hydrogen) atoms. The molecule has 142 valence electrons. The van der Waals surface area contributed by atoms with Crippen LogP contribution in [0.3, 0.4) is 0 Å². The van der Waals surface area contributed by atoms with Gasteiger partial charge in [-0.2, -0.15) is 0 Å². The van der Waals surface area contributed by atoms with Gasteiger partial charge in [0.15, 0.2) is 5.82 Å². The van der Waals surface area contributed by atoms with Crippen LogP contribution >= 0.6 is 0 Å². The maximum absolute atomic E-state index is 14.4. The highest BCUT2D eigenvalue weighted by Gasteiger charge is 2.26. The summed E-state index contributed by atoms with van der Waals surface area (Å²) in [7, 11) is 0. The minimum Gasteiger partial charge on any atom is -0.369 e. The lowest BCUT2D eigenvalue weighted by Crippen LogP contribution is -2.34. The molecular weight excluding hydrogens is 343 g/mol. The van der Waals surface area contributed by atoms with Gasteiger partial charge in [0.25, 0.3) is 0 Å². The van der Waals surface area contributed by atoms with Crippen molar-refractivity contribution >= 4 is 11.9 Å². The van der Waals surface area contributed by atoms with E-state index < -0.39 is 5.82 Å². The Labute approximate surface area is 158 Å². The topological polar surface area (TPSA) is 80.9 Å². The molecule has 1 heterocycles. The van der Waals surface area contributed by atoms with Crippen molar-refractivity contribution in [3.8, 4) is 11.3 Å².